The fraction of sp³-hybridized carbons (Fsp3) is 0.810. The lowest BCUT2D eigenvalue weighted by Gasteiger charge is -2.41. The fourth-order valence-electron chi connectivity index (χ4n) is 4.04. The van der Waals surface area contributed by atoms with Crippen molar-refractivity contribution >= 4 is 0 Å². The number of hydrogen-bond acceptors (Lipinski definition) is 14. The van der Waals surface area contributed by atoms with Gasteiger partial charge in [0, 0.05) is 24.5 Å². The highest BCUT2D eigenvalue weighted by Gasteiger charge is 2.43. The topological polar surface area (TPSA) is 265 Å². The maximum Gasteiger partial charge on any atom is 0.216 e. The van der Waals surface area contributed by atoms with E-state index < -0.39 is 79.3 Å². The van der Waals surface area contributed by atoms with Crippen molar-refractivity contribution in [3.63, 3.8) is 0 Å². The van der Waals surface area contributed by atoms with E-state index in [0.29, 0.717) is 6.42 Å². The highest BCUT2D eigenvalue weighted by Crippen LogP contribution is 2.26. The standard InChI is InChI=1S/C21H41N5O9/c1-3-8(22)4-14(28)20(32)35-21-15(26-2)13(27)6-9(33-21)5-12(25)19(31)34-18-11(24)7-10(23)16(29)17(18)30/h4-5,8-11,13,15-21,26-32H,3,6-7,22-25H2,1-2H3/b12-5-,14-4-/t8-,9+,10-,11?,13?,15?,16?,17?,18-,19-,20-,21?/m1/s1. The Kier molecular flexibility index (Phi) is 11.3. The first kappa shape index (κ1) is 29.8. The summed E-state index contributed by atoms with van der Waals surface area (Å²) in [7, 11) is 1.56. The summed E-state index contributed by atoms with van der Waals surface area (Å²) in [6, 6.07) is -2.74. The van der Waals surface area contributed by atoms with Gasteiger partial charge in [-0.25, -0.2) is 0 Å². The zero-order valence-electron chi connectivity index (χ0n) is 19.9. The monoisotopic (exact) mass is 507 g/mol. The largest absolute Gasteiger partial charge is 0.507 e. The number of aliphatic hydroxyl groups excluding tert-OH is 6. The normalized spacial score (nSPS) is 39.8. The van der Waals surface area contributed by atoms with Gasteiger partial charge in [-0.2, -0.15) is 0 Å². The second kappa shape index (κ2) is 13.2. The third-order valence-electron chi connectivity index (χ3n) is 6.24. The van der Waals surface area contributed by atoms with Crippen molar-refractivity contribution in [3.8, 4) is 0 Å². The summed E-state index contributed by atoms with van der Waals surface area (Å²) in [6.45, 7) is 1.80. The van der Waals surface area contributed by atoms with Crippen LogP contribution in [0.1, 0.15) is 26.2 Å². The lowest BCUT2D eigenvalue weighted by Crippen LogP contribution is -2.62. The minimum Gasteiger partial charge on any atom is -0.507 e. The van der Waals surface area contributed by atoms with Crippen LogP contribution in [0.4, 0.5) is 0 Å². The number of aliphatic hydroxyl groups is 6. The molecule has 1 aliphatic heterocycles. The van der Waals surface area contributed by atoms with Crippen molar-refractivity contribution in [1.29, 1.82) is 0 Å². The molecule has 1 aliphatic carbocycles. The molecule has 14 nitrogen and oxygen atoms in total. The lowest BCUT2D eigenvalue weighted by atomic mass is 9.85. The van der Waals surface area contributed by atoms with E-state index in [0.717, 1.165) is 0 Å². The van der Waals surface area contributed by atoms with Gasteiger partial charge in [-0.15, -0.1) is 0 Å². The van der Waals surface area contributed by atoms with Gasteiger partial charge in [0.1, 0.15) is 18.0 Å². The van der Waals surface area contributed by atoms with Crippen molar-refractivity contribution in [2.75, 3.05) is 7.05 Å². The second-order valence-corrected chi connectivity index (χ2v) is 8.98. The zero-order valence-corrected chi connectivity index (χ0v) is 19.9. The molecule has 6 unspecified atom stereocenters. The summed E-state index contributed by atoms with van der Waals surface area (Å²) in [4.78, 5) is 0. The van der Waals surface area contributed by atoms with Crippen molar-refractivity contribution in [1.82, 2.24) is 5.32 Å². The predicted octanol–water partition coefficient (Wildman–Crippen LogP) is -4.11. The molecule has 0 aromatic rings. The van der Waals surface area contributed by atoms with Crippen LogP contribution in [0.5, 0.6) is 0 Å². The Morgan fingerprint density at radius 3 is 2.34 bits per heavy atom. The summed E-state index contributed by atoms with van der Waals surface area (Å²) in [5, 5.41) is 64.1. The van der Waals surface area contributed by atoms with Gasteiger partial charge < -0.3 is 73.1 Å². The van der Waals surface area contributed by atoms with E-state index in [4.69, 9.17) is 37.1 Å². The maximum atomic E-state index is 10.5. The van der Waals surface area contributed by atoms with Gasteiger partial charge in [-0.05, 0) is 32.0 Å². The first-order chi connectivity index (χ1) is 16.4. The lowest BCUT2D eigenvalue weighted by molar-refractivity contribution is -0.271. The Morgan fingerprint density at radius 2 is 1.74 bits per heavy atom. The second-order valence-electron chi connectivity index (χ2n) is 8.98. The minimum atomic E-state index is -1.76. The molecule has 0 amide bonds. The Bertz CT molecular complexity index is 729. The molecule has 1 saturated carbocycles. The number of likely N-dealkylation sites (N-methyl/N-ethyl adjacent to an activating group) is 1. The number of nitrogens with one attached hydrogen (secondary N) is 1. The molecule has 1 heterocycles. The molecule has 0 radical (unpaired) electrons. The van der Waals surface area contributed by atoms with Crippen LogP contribution in [0, 0.1) is 0 Å². The molecule has 2 aliphatic rings. The van der Waals surface area contributed by atoms with Gasteiger partial charge in [0.05, 0.1) is 30.1 Å². The molecule has 204 valence electrons. The van der Waals surface area contributed by atoms with Crippen LogP contribution in [0.3, 0.4) is 0 Å². The number of rotatable bonds is 10. The molecule has 0 bridgehead atoms. The molecular weight excluding hydrogens is 466 g/mol. The molecule has 14 heteroatoms. The highest BCUT2D eigenvalue weighted by atomic mass is 16.7. The Labute approximate surface area is 204 Å². The van der Waals surface area contributed by atoms with E-state index in [1.807, 2.05) is 0 Å². The van der Waals surface area contributed by atoms with Crippen LogP contribution in [0.2, 0.25) is 0 Å². The highest BCUT2D eigenvalue weighted by molar-refractivity contribution is 5.08. The van der Waals surface area contributed by atoms with Crippen LogP contribution in [-0.4, -0.2) is 111 Å². The average Bonchev–Trinajstić information content (AvgIpc) is 2.79. The van der Waals surface area contributed by atoms with Crippen molar-refractivity contribution < 1.29 is 44.8 Å². The third-order valence-corrected chi connectivity index (χ3v) is 6.24. The molecule has 2 rings (SSSR count). The summed E-state index contributed by atoms with van der Waals surface area (Å²) >= 11 is 0. The van der Waals surface area contributed by atoms with Gasteiger partial charge in [-0.1, -0.05) is 6.92 Å². The van der Waals surface area contributed by atoms with Crippen LogP contribution in [0.25, 0.3) is 0 Å². The molecule has 0 aromatic heterocycles. The summed E-state index contributed by atoms with van der Waals surface area (Å²) in [5.41, 5.74) is 23.1. The number of nitrogens with two attached hydrogens (primary N) is 4. The van der Waals surface area contributed by atoms with Crippen LogP contribution >= 0.6 is 0 Å². The van der Waals surface area contributed by atoms with E-state index in [9.17, 15) is 30.6 Å². The van der Waals surface area contributed by atoms with E-state index in [1.54, 1.807) is 14.0 Å². The van der Waals surface area contributed by atoms with Gasteiger partial charge in [0.15, 0.2) is 12.6 Å². The maximum absolute atomic E-state index is 10.5. The Balaban J connectivity index is 2.08. The van der Waals surface area contributed by atoms with Gasteiger partial charge >= 0.3 is 0 Å². The fourth-order valence-corrected chi connectivity index (χ4v) is 4.04. The van der Waals surface area contributed by atoms with Crippen LogP contribution in [0.15, 0.2) is 23.6 Å². The Hall–Kier alpha value is -1.40. The molecule has 0 aromatic carbocycles. The first-order valence-corrected chi connectivity index (χ1v) is 11.6. The van der Waals surface area contributed by atoms with Crippen LogP contribution < -0.4 is 28.3 Å². The third kappa shape index (κ3) is 7.79. The Morgan fingerprint density at radius 1 is 1.09 bits per heavy atom. The number of hydrogen-bond donors (Lipinski definition) is 11. The smallest absolute Gasteiger partial charge is 0.216 e. The SMILES string of the molecule is CC[C@@H](N)/C=C(\O)[C@H](O)OC1O[C@@H](/C=C(\N)[C@H](O)O[C@@H]2C(N)C[C@@H](N)C(O)C2O)CC(O)C1NC. The molecule has 15 N–H and O–H groups in total. The van der Waals surface area contributed by atoms with E-state index in [1.165, 1.54) is 12.2 Å². The summed E-state index contributed by atoms with van der Waals surface area (Å²) < 4.78 is 16.6. The molecule has 2 fully saturated rings. The van der Waals surface area contributed by atoms with Crippen molar-refractivity contribution in [2.45, 2.75) is 99.7 Å². The quantitative estimate of drug-likeness (QED) is 0.0991. The van der Waals surface area contributed by atoms with Crippen LogP contribution in [-0.2, 0) is 14.2 Å². The predicted molar refractivity (Wildman–Crippen MR) is 124 cm³/mol. The number of ether oxygens (including phenoxy) is 3. The molecular formula is C21H41N5O9. The molecule has 1 saturated heterocycles. The molecule has 0 spiro atoms. The van der Waals surface area contributed by atoms with Gasteiger partial charge in [0.2, 0.25) is 6.29 Å². The van der Waals surface area contributed by atoms with E-state index in [2.05, 4.69) is 5.32 Å². The van der Waals surface area contributed by atoms with E-state index >= 15 is 0 Å². The van der Waals surface area contributed by atoms with Crippen molar-refractivity contribution in [3.05, 3.63) is 23.6 Å². The summed E-state index contributed by atoms with van der Waals surface area (Å²) in [5.74, 6) is -0.502. The minimum absolute atomic E-state index is 0.0521. The molecule has 35 heavy (non-hydrogen) atoms. The van der Waals surface area contributed by atoms with Gasteiger partial charge in [-0.3, -0.25) is 0 Å². The van der Waals surface area contributed by atoms with Crippen molar-refractivity contribution in [2.24, 2.45) is 22.9 Å². The zero-order chi connectivity index (χ0) is 26.4. The van der Waals surface area contributed by atoms with Gasteiger partial charge in [0.25, 0.3) is 0 Å². The average molecular weight is 508 g/mol. The first-order valence-electron chi connectivity index (χ1n) is 11.6. The molecule has 12 atom stereocenters. The summed E-state index contributed by atoms with van der Waals surface area (Å²) in [6.07, 6.45) is -7.15. The van der Waals surface area contributed by atoms with E-state index in [-0.39, 0.29) is 18.5 Å².